The number of rotatable bonds is 4. The molecule has 0 spiro atoms. The lowest BCUT2D eigenvalue weighted by Crippen LogP contribution is -2.23. The van der Waals surface area contributed by atoms with E-state index in [4.69, 9.17) is 10.4 Å². The predicted octanol–water partition coefficient (Wildman–Crippen LogP) is 0.0918. The summed E-state index contributed by atoms with van der Waals surface area (Å²) in [4.78, 5) is 11.4. The van der Waals surface area contributed by atoms with E-state index in [1.54, 1.807) is 0 Å². The lowest BCUT2D eigenvalue weighted by Gasteiger charge is -2.11. The highest BCUT2D eigenvalue weighted by Crippen LogP contribution is 2.35. The smallest absolute Gasteiger partial charge is 0.320 e. The van der Waals surface area contributed by atoms with Crippen LogP contribution in [0.1, 0.15) is 16.0 Å². The van der Waals surface area contributed by atoms with Gasteiger partial charge in [0.25, 0.3) is 0 Å². The molecule has 102 valence electrons. The summed E-state index contributed by atoms with van der Waals surface area (Å²) in [6, 6.07) is 1.99. The topological polar surface area (TPSA) is 119 Å². The first-order valence-corrected chi connectivity index (χ1v) is 7.87. The lowest BCUT2D eigenvalue weighted by molar-refractivity contribution is -0.134. The molecule has 0 amide bonds. The average Bonchev–Trinajstić information content (AvgIpc) is 2.62. The van der Waals surface area contributed by atoms with Crippen molar-refractivity contribution in [1.82, 2.24) is 5.32 Å². The van der Waals surface area contributed by atoms with Crippen molar-refractivity contribution in [3.8, 4) is 6.07 Å². The Balaban J connectivity index is 2.34. The van der Waals surface area contributed by atoms with Crippen LogP contribution in [-0.4, -0.2) is 31.8 Å². The number of aliphatic carboxylic acids is 1. The summed E-state index contributed by atoms with van der Waals surface area (Å²) in [7, 11) is -3.98. The van der Waals surface area contributed by atoms with Gasteiger partial charge in [0.05, 0.1) is 5.56 Å². The molecule has 0 aliphatic carbocycles. The molecule has 2 rings (SSSR count). The van der Waals surface area contributed by atoms with Crippen LogP contribution in [0, 0.1) is 11.3 Å². The molecule has 1 aliphatic rings. The Morgan fingerprint density at radius 2 is 2.32 bits per heavy atom. The first-order valence-electron chi connectivity index (χ1n) is 5.40. The van der Waals surface area contributed by atoms with Gasteiger partial charge in [-0.05, 0) is 18.5 Å². The number of nitriles is 1. The normalized spacial score (nSPS) is 14.5. The van der Waals surface area contributed by atoms with Crippen molar-refractivity contribution in [3.05, 3.63) is 16.0 Å². The summed E-state index contributed by atoms with van der Waals surface area (Å²) in [5.41, 5.74) is 1.15. The van der Waals surface area contributed by atoms with Gasteiger partial charge in [0.1, 0.15) is 11.1 Å². The number of carboxylic acids is 1. The Labute approximate surface area is 113 Å². The third-order valence-corrected chi connectivity index (χ3v) is 5.02. The van der Waals surface area contributed by atoms with E-state index in [0.717, 1.165) is 17.0 Å². The zero-order valence-corrected chi connectivity index (χ0v) is 11.4. The number of sulfonamides is 1. The summed E-state index contributed by atoms with van der Waals surface area (Å²) < 4.78 is 25.3. The molecule has 0 saturated carbocycles. The van der Waals surface area contributed by atoms with Gasteiger partial charge in [0.2, 0.25) is 10.0 Å². The average molecular weight is 301 g/mol. The van der Waals surface area contributed by atoms with E-state index in [2.05, 4.69) is 10.0 Å². The van der Waals surface area contributed by atoms with Crippen molar-refractivity contribution >= 4 is 32.3 Å². The molecule has 7 nitrogen and oxygen atoms in total. The number of carbonyl (C=O) groups is 1. The highest BCUT2D eigenvalue weighted by atomic mass is 32.2. The van der Waals surface area contributed by atoms with Crippen molar-refractivity contribution in [3.63, 3.8) is 0 Å². The number of fused-ring (bicyclic) bond motifs is 1. The largest absolute Gasteiger partial charge is 0.480 e. The SMILES string of the molecule is N#Cc1c(NS(=O)(=O)CC(=O)O)sc2c1CCNC2. The number of hydrogen-bond donors (Lipinski definition) is 3. The Bertz CT molecular complexity index is 657. The van der Waals surface area contributed by atoms with Crippen LogP contribution in [0.5, 0.6) is 0 Å². The zero-order valence-electron chi connectivity index (χ0n) is 9.76. The van der Waals surface area contributed by atoms with E-state index in [1.165, 1.54) is 11.3 Å². The van der Waals surface area contributed by atoms with Crippen LogP contribution in [0.3, 0.4) is 0 Å². The second kappa shape index (κ2) is 5.16. The van der Waals surface area contributed by atoms with Crippen LogP contribution < -0.4 is 10.0 Å². The molecule has 0 bridgehead atoms. The van der Waals surface area contributed by atoms with Gasteiger partial charge in [-0.15, -0.1) is 11.3 Å². The van der Waals surface area contributed by atoms with E-state index in [-0.39, 0.29) is 5.00 Å². The number of thiophene rings is 1. The first kappa shape index (κ1) is 13.8. The molecule has 1 aromatic rings. The van der Waals surface area contributed by atoms with Crippen molar-refractivity contribution in [1.29, 1.82) is 5.26 Å². The molecule has 9 heteroatoms. The molecule has 2 heterocycles. The van der Waals surface area contributed by atoms with Gasteiger partial charge in [-0.25, -0.2) is 8.42 Å². The van der Waals surface area contributed by atoms with Crippen LogP contribution in [0.2, 0.25) is 0 Å². The summed E-state index contributed by atoms with van der Waals surface area (Å²) in [6.07, 6.45) is 0.662. The maximum absolute atomic E-state index is 11.6. The monoisotopic (exact) mass is 301 g/mol. The Morgan fingerprint density at radius 1 is 1.58 bits per heavy atom. The van der Waals surface area contributed by atoms with Gasteiger partial charge in [-0.2, -0.15) is 5.26 Å². The van der Waals surface area contributed by atoms with Crippen LogP contribution in [0.15, 0.2) is 0 Å². The highest BCUT2D eigenvalue weighted by Gasteiger charge is 2.24. The predicted molar refractivity (Wildman–Crippen MR) is 69.5 cm³/mol. The molecule has 0 aromatic carbocycles. The van der Waals surface area contributed by atoms with Crippen molar-refractivity contribution < 1.29 is 18.3 Å². The highest BCUT2D eigenvalue weighted by molar-refractivity contribution is 7.93. The van der Waals surface area contributed by atoms with E-state index in [9.17, 15) is 13.2 Å². The fourth-order valence-corrected chi connectivity index (χ4v) is 4.21. The first-order chi connectivity index (χ1) is 8.93. The second-order valence-electron chi connectivity index (χ2n) is 4.00. The fraction of sp³-hybridized carbons (Fsp3) is 0.400. The minimum absolute atomic E-state index is 0.206. The molecule has 3 N–H and O–H groups in total. The lowest BCUT2D eigenvalue weighted by atomic mass is 10.1. The molecule has 19 heavy (non-hydrogen) atoms. The van der Waals surface area contributed by atoms with Gasteiger partial charge in [0, 0.05) is 11.4 Å². The maximum Gasteiger partial charge on any atom is 0.320 e. The third kappa shape index (κ3) is 3.04. The summed E-state index contributed by atoms with van der Waals surface area (Å²) >= 11 is 1.17. The molecule has 0 atom stereocenters. The van der Waals surface area contributed by atoms with E-state index < -0.39 is 21.7 Å². The fourth-order valence-electron chi connectivity index (χ4n) is 1.86. The molecule has 1 aliphatic heterocycles. The van der Waals surface area contributed by atoms with Crippen molar-refractivity contribution in [2.75, 3.05) is 17.0 Å². The summed E-state index contributed by atoms with van der Waals surface area (Å²) in [5.74, 6) is -2.45. The number of nitrogens with zero attached hydrogens (tertiary/aromatic N) is 1. The minimum atomic E-state index is -3.98. The van der Waals surface area contributed by atoms with Gasteiger partial charge >= 0.3 is 5.97 Å². The van der Waals surface area contributed by atoms with Crippen molar-refractivity contribution in [2.24, 2.45) is 0 Å². The third-order valence-electron chi connectivity index (χ3n) is 2.60. The number of hydrogen-bond acceptors (Lipinski definition) is 6. The van der Waals surface area contributed by atoms with Crippen LogP contribution in [0.4, 0.5) is 5.00 Å². The summed E-state index contributed by atoms with van der Waals surface area (Å²) in [5, 5.41) is 21.0. The molecule has 0 saturated heterocycles. The van der Waals surface area contributed by atoms with Gasteiger partial charge < -0.3 is 10.4 Å². The second-order valence-corrected chi connectivity index (χ2v) is 6.83. The van der Waals surface area contributed by atoms with E-state index >= 15 is 0 Å². The molecule has 0 radical (unpaired) electrons. The molecule has 0 unspecified atom stereocenters. The van der Waals surface area contributed by atoms with Crippen LogP contribution in [0.25, 0.3) is 0 Å². The minimum Gasteiger partial charge on any atom is -0.480 e. The molecule has 0 fully saturated rings. The zero-order chi connectivity index (χ0) is 14.0. The van der Waals surface area contributed by atoms with Crippen molar-refractivity contribution in [2.45, 2.75) is 13.0 Å². The van der Waals surface area contributed by atoms with E-state index in [1.807, 2.05) is 6.07 Å². The Hall–Kier alpha value is -1.63. The molecular formula is C10H11N3O4S2. The quantitative estimate of drug-likeness (QED) is 0.725. The maximum atomic E-state index is 11.6. The van der Waals surface area contributed by atoms with Crippen LogP contribution >= 0.6 is 11.3 Å². The standard InChI is InChI=1S/C10H11N3O4S2/c11-3-7-6-1-2-12-4-8(6)18-10(7)13-19(16,17)5-9(14)15/h12-13H,1-2,4-5H2,(H,14,15). The van der Waals surface area contributed by atoms with Gasteiger partial charge in [-0.1, -0.05) is 0 Å². The molecular weight excluding hydrogens is 290 g/mol. The number of carboxylic acid groups (broad SMARTS) is 1. The van der Waals surface area contributed by atoms with E-state index in [0.29, 0.717) is 18.5 Å². The Morgan fingerprint density at radius 3 is 2.95 bits per heavy atom. The number of anilines is 1. The Kier molecular flexibility index (Phi) is 3.75. The summed E-state index contributed by atoms with van der Waals surface area (Å²) in [6.45, 7) is 1.33. The number of nitrogens with one attached hydrogen (secondary N) is 2. The van der Waals surface area contributed by atoms with Gasteiger partial charge in [0.15, 0.2) is 5.75 Å². The molecule has 1 aromatic heterocycles. The van der Waals surface area contributed by atoms with Gasteiger partial charge in [-0.3, -0.25) is 9.52 Å². The van der Waals surface area contributed by atoms with Crippen LogP contribution in [-0.2, 0) is 27.8 Å².